The molecule has 3 heterocycles. The summed E-state index contributed by atoms with van der Waals surface area (Å²) < 4.78 is 2.32. The third-order valence-electron chi connectivity index (χ3n) is 3.30. The summed E-state index contributed by atoms with van der Waals surface area (Å²) in [5.41, 5.74) is 1.00. The molecule has 3 aromatic rings. The SMILES string of the molecule is Cn1c(=O)c2nc(/C=C/c3cccnc3)cnc2n(C)c1=O. The van der Waals surface area contributed by atoms with Crippen molar-refractivity contribution in [3.63, 3.8) is 0 Å². The molecule has 0 amide bonds. The zero-order valence-corrected chi connectivity index (χ0v) is 12.1. The molecule has 7 nitrogen and oxygen atoms in total. The number of hydrogen-bond donors (Lipinski definition) is 0. The van der Waals surface area contributed by atoms with Crippen molar-refractivity contribution < 1.29 is 0 Å². The van der Waals surface area contributed by atoms with Gasteiger partial charge < -0.3 is 0 Å². The molecule has 0 aromatic carbocycles. The first-order valence-electron chi connectivity index (χ1n) is 6.59. The van der Waals surface area contributed by atoms with Crippen LogP contribution in [0.25, 0.3) is 23.3 Å². The molecular weight excluding hydrogens is 282 g/mol. The first-order chi connectivity index (χ1) is 10.6. The van der Waals surface area contributed by atoms with E-state index in [0.717, 1.165) is 10.1 Å². The van der Waals surface area contributed by atoms with Gasteiger partial charge in [0.2, 0.25) is 0 Å². The Morgan fingerprint density at radius 2 is 1.91 bits per heavy atom. The minimum atomic E-state index is -0.456. The fraction of sp³-hybridized carbons (Fsp3) is 0.133. The van der Waals surface area contributed by atoms with Gasteiger partial charge in [0, 0.05) is 26.5 Å². The lowest BCUT2D eigenvalue weighted by molar-refractivity contribution is 0.704. The van der Waals surface area contributed by atoms with Crippen molar-refractivity contribution >= 4 is 23.3 Å². The predicted molar refractivity (Wildman–Crippen MR) is 83.2 cm³/mol. The molecule has 0 radical (unpaired) electrons. The average molecular weight is 295 g/mol. The van der Waals surface area contributed by atoms with Crippen molar-refractivity contribution in [1.82, 2.24) is 24.1 Å². The van der Waals surface area contributed by atoms with Crippen LogP contribution in [0, 0.1) is 0 Å². The van der Waals surface area contributed by atoms with Gasteiger partial charge >= 0.3 is 5.69 Å². The van der Waals surface area contributed by atoms with E-state index in [1.165, 1.54) is 17.8 Å². The maximum atomic E-state index is 12.1. The molecule has 0 N–H and O–H groups in total. The zero-order valence-electron chi connectivity index (χ0n) is 12.1. The van der Waals surface area contributed by atoms with Gasteiger partial charge in [-0.2, -0.15) is 0 Å². The molecule has 3 aromatic heterocycles. The Kier molecular flexibility index (Phi) is 3.38. The summed E-state index contributed by atoms with van der Waals surface area (Å²) in [6, 6.07) is 3.73. The van der Waals surface area contributed by atoms with E-state index in [1.807, 2.05) is 18.2 Å². The van der Waals surface area contributed by atoms with Gasteiger partial charge in [-0.1, -0.05) is 12.1 Å². The van der Waals surface area contributed by atoms with Crippen LogP contribution >= 0.6 is 0 Å². The molecule has 0 atom stereocenters. The van der Waals surface area contributed by atoms with E-state index in [1.54, 1.807) is 25.5 Å². The number of hydrogen-bond acceptors (Lipinski definition) is 5. The first kappa shape index (κ1) is 13.9. The number of aryl methyl sites for hydroxylation is 1. The molecule has 3 rings (SSSR count). The number of aromatic nitrogens is 5. The lowest BCUT2D eigenvalue weighted by Gasteiger charge is -2.05. The van der Waals surface area contributed by atoms with E-state index in [0.29, 0.717) is 5.69 Å². The molecule has 0 aliphatic rings. The van der Waals surface area contributed by atoms with E-state index in [4.69, 9.17) is 0 Å². The Morgan fingerprint density at radius 3 is 2.64 bits per heavy atom. The van der Waals surface area contributed by atoms with E-state index in [-0.39, 0.29) is 11.2 Å². The van der Waals surface area contributed by atoms with E-state index >= 15 is 0 Å². The molecule has 0 aliphatic carbocycles. The van der Waals surface area contributed by atoms with Gasteiger partial charge in [0.1, 0.15) is 0 Å². The van der Waals surface area contributed by atoms with E-state index < -0.39 is 11.2 Å². The molecule has 0 bridgehead atoms. The Labute approximate surface area is 125 Å². The van der Waals surface area contributed by atoms with Crippen LogP contribution in [0.3, 0.4) is 0 Å². The molecule has 0 saturated carbocycles. The van der Waals surface area contributed by atoms with Gasteiger partial charge in [-0.05, 0) is 17.7 Å². The largest absolute Gasteiger partial charge is 0.332 e. The quantitative estimate of drug-likeness (QED) is 0.691. The second-order valence-electron chi connectivity index (χ2n) is 4.79. The molecule has 0 fully saturated rings. The topological polar surface area (TPSA) is 82.7 Å². The van der Waals surface area contributed by atoms with E-state index in [9.17, 15) is 9.59 Å². The van der Waals surface area contributed by atoms with Crippen LogP contribution in [0.2, 0.25) is 0 Å². The monoisotopic (exact) mass is 295 g/mol. The van der Waals surface area contributed by atoms with Crippen molar-refractivity contribution in [1.29, 1.82) is 0 Å². The van der Waals surface area contributed by atoms with Crippen LogP contribution in [-0.4, -0.2) is 24.1 Å². The highest BCUT2D eigenvalue weighted by Gasteiger charge is 2.10. The standard InChI is InChI=1S/C15H13N5O2/c1-19-13-12(14(21)20(2)15(19)22)18-11(9-17-13)6-5-10-4-3-7-16-8-10/h3-9H,1-2H3/b6-5+. The number of fused-ring (bicyclic) bond motifs is 1. The molecular formula is C15H13N5O2. The molecule has 0 unspecified atom stereocenters. The third kappa shape index (κ3) is 2.32. The van der Waals surface area contributed by atoms with Gasteiger partial charge in [0.05, 0.1) is 11.9 Å². The Balaban J connectivity index is 2.13. The molecule has 0 aliphatic heterocycles. The molecule has 7 heteroatoms. The smallest absolute Gasteiger partial charge is 0.279 e. The second kappa shape index (κ2) is 5.36. The highest BCUT2D eigenvalue weighted by molar-refractivity contribution is 5.73. The maximum absolute atomic E-state index is 12.1. The normalized spacial score (nSPS) is 11.4. The van der Waals surface area contributed by atoms with Crippen molar-refractivity contribution in [2.45, 2.75) is 0 Å². The van der Waals surface area contributed by atoms with E-state index in [2.05, 4.69) is 15.0 Å². The van der Waals surface area contributed by atoms with Crippen molar-refractivity contribution in [2.75, 3.05) is 0 Å². The van der Waals surface area contributed by atoms with Gasteiger partial charge in [0.15, 0.2) is 11.2 Å². The van der Waals surface area contributed by atoms with Crippen molar-refractivity contribution in [2.24, 2.45) is 14.1 Å². The maximum Gasteiger partial charge on any atom is 0.332 e. The minimum Gasteiger partial charge on any atom is -0.279 e. The predicted octanol–water partition coefficient (Wildman–Crippen LogP) is 0.593. The van der Waals surface area contributed by atoms with Crippen LogP contribution in [0.1, 0.15) is 11.3 Å². The van der Waals surface area contributed by atoms with Crippen LogP contribution in [-0.2, 0) is 14.1 Å². The lowest BCUT2D eigenvalue weighted by atomic mass is 10.2. The summed E-state index contributed by atoms with van der Waals surface area (Å²) in [6.07, 6.45) is 8.50. The minimum absolute atomic E-state index is 0.165. The molecule has 22 heavy (non-hydrogen) atoms. The van der Waals surface area contributed by atoms with Gasteiger partial charge in [0.25, 0.3) is 5.56 Å². The summed E-state index contributed by atoms with van der Waals surface area (Å²) in [7, 11) is 2.98. The number of rotatable bonds is 2. The Hall–Kier alpha value is -3.09. The molecule has 0 saturated heterocycles. The summed E-state index contributed by atoms with van der Waals surface area (Å²) in [4.78, 5) is 36.5. The summed E-state index contributed by atoms with van der Waals surface area (Å²) >= 11 is 0. The highest BCUT2D eigenvalue weighted by atomic mass is 16.2. The van der Waals surface area contributed by atoms with Gasteiger partial charge in [-0.3, -0.25) is 18.9 Å². The Morgan fingerprint density at radius 1 is 1.09 bits per heavy atom. The van der Waals surface area contributed by atoms with Crippen LogP contribution < -0.4 is 11.2 Å². The van der Waals surface area contributed by atoms with Crippen molar-refractivity contribution in [3.8, 4) is 0 Å². The molecule has 0 spiro atoms. The first-order valence-corrected chi connectivity index (χ1v) is 6.59. The third-order valence-corrected chi connectivity index (χ3v) is 3.30. The second-order valence-corrected chi connectivity index (χ2v) is 4.79. The Bertz CT molecular complexity index is 986. The van der Waals surface area contributed by atoms with Crippen LogP contribution in [0.15, 0.2) is 40.3 Å². The lowest BCUT2D eigenvalue weighted by Crippen LogP contribution is -2.37. The highest BCUT2D eigenvalue weighted by Crippen LogP contribution is 2.07. The van der Waals surface area contributed by atoms with Crippen LogP contribution in [0.4, 0.5) is 0 Å². The molecule has 110 valence electrons. The number of pyridine rings is 1. The summed E-state index contributed by atoms with van der Waals surface area (Å²) in [6.45, 7) is 0. The fourth-order valence-electron chi connectivity index (χ4n) is 2.08. The van der Waals surface area contributed by atoms with Crippen molar-refractivity contribution in [3.05, 3.63) is 62.8 Å². The zero-order chi connectivity index (χ0) is 15.7. The number of nitrogens with zero attached hydrogens (tertiary/aromatic N) is 5. The van der Waals surface area contributed by atoms with Gasteiger partial charge in [-0.15, -0.1) is 0 Å². The summed E-state index contributed by atoms with van der Waals surface area (Å²) in [5.74, 6) is 0. The summed E-state index contributed by atoms with van der Waals surface area (Å²) in [5, 5.41) is 0. The average Bonchev–Trinajstić information content (AvgIpc) is 2.57. The van der Waals surface area contributed by atoms with Crippen LogP contribution in [0.5, 0.6) is 0 Å². The fourth-order valence-corrected chi connectivity index (χ4v) is 2.08. The van der Waals surface area contributed by atoms with Gasteiger partial charge in [-0.25, -0.2) is 14.8 Å².